The van der Waals surface area contributed by atoms with Crippen LogP contribution in [0.4, 0.5) is 0 Å². The third-order valence-corrected chi connectivity index (χ3v) is 3.19. The summed E-state index contributed by atoms with van der Waals surface area (Å²) in [4.78, 5) is 0. The highest BCUT2D eigenvalue weighted by Crippen LogP contribution is 2.43. The summed E-state index contributed by atoms with van der Waals surface area (Å²) >= 11 is 0. The normalized spacial score (nSPS) is 13.8. The van der Waals surface area contributed by atoms with Crippen molar-refractivity contribution >= 4 is 0 Å². The van der Waals surface area contributed by atoms with Crippen molar-refractivity contribution in [3.05, 3.63) is 6.92 Å². The maximum Gasteiger partial charge on any atom is -0.0280 e. The Morgan fingerprint density at radius 1 is 1.00 bits per heavy atom. The van der Waals surface area contributed by atoms with Crippen LogP contribution in [-0.2, 0) is 0 Å². The van der Waals surface area contributed by atoms with E-state index in [0.717, 1.165) is 0 Å². The van der Waals surface area contributed by atoms with Gasteiger partial charge in [-0.2, -0.15) is 0 Å². The fourth-order valence-electron chi connectivity index (χ4n) is 1.21. The van der Waals surface area contributed by atoms with E-state index >= 15 is 0 Å². The van der Waals surface area contributed by atoms with E-state index in [0.29, 0.717) is 5.41 Å². The molecule has 61 valence electrons. The van der Waals surface area contributed by atoms with Gasteiger partial charge in [0.1, 0.15) is 0 Å². The van der Waals surface area contributed by atoms with Crippen LogP contribution < -0.4 is 0 Å². The maximum absolute atomic E-state index is 4.18. The van der Waals surface area contributed by atoms with Crippen molar-refractivity contribution in [3.8, 4) is 0 Å². The number of rotatable bonds is 3. The Morgan fingerprint density at radius 3 is 1.30 bits per heavy atom. The fraction of sp³-hybridized carbons (Fsp3) is 0.900. The third-order valence-electron chi connectivity index (χ3n) is 3.19. The molecule has 1 radical (unpaired) electrons. The monoisotopic (exact) mass is 141 g/mol. The smallest absolute Gasteiger partial charge is 0.0280 e. The summed E-state index contributed by atoms with van der Waals surface area (Å²) in [6.45, 7) is 15.4. The first-order chi connectivity index (χ1) is 4.37. The summed E-state index contributed by atoms with van der Waals surface area (Å²) in [6.07, 6.45) is 2.44. The van der Waals surface area contributed by atoms with Gasteiger partial charge in [-0.15, -0.1) is 0 Å². The van der Waals surface area contributed by atoms with Crippen LogP contribution in [0.5, 0.6) is 0 Å². The molecule has 0 saturated carbocycles. The van der Waals surface area contributed by atoms with Crippen LogP contribution in [0.15, 0.2) is 0 Å². The molecular formula is C10H21. The molecule has 0 unspecified atom stereocenters. The molecule has 0 rings (SSSR count). The van der Waals surface area contributed by atoms with E-state index in [4.69, 9.17) is 0 Å². The van der Waals surface area contributed by atoms with E-state index < -0.39 is 0 Å². The lowest BCUT2D eigenvalue weighted by Gasteiger charge is -2.40. The van der Waals surface area contributed by atoms with Crippen molar-refractivity contribution < 1.29 is 0 Å². The Labute approximate surface area is 66.0 Å². The molecule has 0 N–H and O–H groups in total. The zero-order valence-corrected chi connectivity index (χ0v) is 8.12. The molecule has 0 heteroatoms. The van der Waals surface area contributed by atoms with Gasteiger partial charge in [-0.3, -0.25) is 0 Å². The highest BCUT2D eigenvalue weighted by molar-refractivity contribution is 4.89. The molecule has 0 aromatic rings. The van der Waals surface area contributed by atoms with Crippen molar-refractivity contribution in [3.63, 3.8) is 0 Å². The van der Waals surface area contributed by atoms with Gasteiger partial charge in [-0.1, -0.05) is 47.5 Å². The van der Waals surface area contributed by atoms with Crippen molar-refractivity contribution in [2.24, 2.45) is 10.8 Å². The first kappa shape index (κ1) is 10.0. The Bertz CT molecular complexity index is 91.1. The molecular weight excluding hydrogens is 120 g/mol. The van der Waals surface area contributed by atoms with E-state index in [9.17, 15) is 0 Å². The quantitative estimate of drug-likeness (QED) is 0.562. The van der Waals surface area contributed by atoms with Gasteiger partial charge in [-0.25, -0.2) is 0 Å². The topological polar surface area (TPSA) is 0 Å². The summed E-state index contributed by atoms with van der Waals surface area (Å²) in [6, 6.07) is 0. The minimum atomic E-state index is 0.205. The fourth-order valence-corrected chi connectivity index (χ4v) is 1.21. The van der Waals surface area contributed by atoms with Crippen LogP contribution in [0.1, 0.15) is 47.5 Å². The molecule has 10 heavy (non-hydrogen) atoms. The van der Waals surface area contributed by atoms with Gasteiger partial charge < -0.3 is 0 Å². The molecule has 0 bridgehead atoms. The lowest BCUT2D eigenvalue weighted by atomic mass is 9.65. The molecule has 0 heterocycles. The molecule has 0 nitrogen and oxygen atoms in total. The van der Waals surface area contributed by atoms with E-state index in [1.165, 1.54) is 12.8 Å². The zero-order chi connectivity index (χ0) is 8.41. The third kappa shape index (κ3) is 1.74. The van der Waals surface area contributed by atoms with E-state index in [-0.39, 0.29) is 5.41 Å². The van der Waals surface area contributed by atoms with Crippen molar-refractivity contribution in [2.75, 3.05) is 0 Å². The van der Waals surface area contributed by atoms with Crippen LogP contribution in [0.2, 0.25) is 0 Å². The highest BCUT2D eigenvalue weighted by atomic mass is 14.4. The van der Waals surface area contributed by atoms with Gasteiger partial charge in [0, 0.05) is 0 Å². The molecule has 0 saturated heterocycles. The van der Waals surface area contributed by atoms with E-state index in [1.807, 2.05) is 0 Å². The zero-order valence-electron chi connectivity index (χ0n) is 8.12. The average molecular weight is 141 g/mol. The predicted molar refractivity (Wildman–Crippen MR) is 47.8 cm³/mol. The van der Waals surface area contributed by atoms with Gasteiger partial charge in [0.05, 0.1) is 0 Å². The largest absolute Gasteiger partial charge is 0.0648 e. The van der Waals surface area contributed by atoms with Gasteiger partial charge in [0.25, 0.3) is 0 Å². The molecule has 0 amide bonds. The first-order valence-electron chi connectivity index (χ1n) is 4.22. The minimum absolute atomic E-state index is 0.205. The Balaban J connectivity index is 4.33. The summed E-state index contributed by atoms with van der Waals surface area (Å²) in [5.41, 5.74) is 0.615. The van der Waals surface area contributed by atoms with Crippen molar-refractivity contribution in [1.82, 2.24) is 0 Å². The highest BCUT2D eigenvalue weighted by Gasteiger charge is 2.33. The molecule has 0 spiro atoms. The summed E-state index contributed by atoms with van der Waals surface area (Å²) in [5.74, 6) is 0. The van der Waals surface area contributed by atoms with Crippen LogP contribution in [0, 0.1) is 17.8 Å². The standard InChI is InChI=1S/C10H21/c1-7-10(6,8-2)9(3,4)5/h3,7-8H2,1-2,4-6H3. The maximum atomic E-state index is 4.18. The van der Waals surface area contributed by atoms with Crippen molar-refractivity contribution in [1.29, 1.82) is 0 Å². The first-order valence-corrected chi connectivity index (χ1v) is 4.22. The summed E-state index contributed by atoms with van der Waals surface area (Å²) in [5, 5.41) is 0. The second-order valence-electron chi connectivity index (χ2n) is 4.15. The molecule has 0 aromatic carbocycles. The van der Waals surface area contributed by atoms with E-state index in [2.05, 4.69) is 41.5 Å². The minimum Gasteiger partial charge on any atom is -0.0648 e. The number of hydrogen-bond donors (Lipinski definition) is 0. The van der Waals surface area contributed by atoms with Gasteiger partial charge in [-0.05, 0) is 17.8 Å². The number of hydrogen-bond acceptors (Lipinski definition) is 0. The molecule has 0 fully saturated rings. The Hall–Kier alpha value is 0. The summed E-state index contributed by atoms with van der Waals surface area (Å²) in [7, 11) is 0. The van der Waals surface area contributed by atoms with Crippen LogP contribution in [0.25, 0.3) is 0 Å². The summed E-state index contributed by atoms with van der Waals surface area (Å²) < 4.78 is 0. The Morgan fingerprint density at radius 2 is 1.30 bits per heavy atom. The van der Waals surface area contributed by atoms with Crippen LogP contribution in [0.3, 0.4) is 0 Å². The molecule has 0 atom stereocenters. The Kier molecular flexibility index (Phi) is 2.94. The molecule has 0 aromatic heterocycles. The van der Waals surface area contributed by atoms with Gasteiger partial charge in [0.2, 0.25) is 0 Å². The average Bonchev–Trinajstić information content (AvgIpc) is 1.84. The van der Waals surface area contributed by atoms with E-state index in [1.54, 1.807) is 0 Å². The van der Waals surface area contributed by atoms with Gasteiger partial charge >= 0.3 is 0 Å². The lowest BCUT2D eigenvalue weighted by Crippen LogP contribution is -2.31. The SMILES string of the molecule is [CH2]C(C)(C)C(C)(CC)CC. The second kappa shape index (κ2) is 2.94. The van der Waals surface area contributed by atoms with Crippen molar-refractivity contribution in [2.45, 2.75) is 47.5 Å². The molecule has 0 aliphatic heterocycles. The molecule has 0 aliphatic carbocycles. The lowest BCUT2D eigenvalue weighted by molar-refractivity contribution is 0.124. The molecule has 0 aliphatic rings. The van der Waals surface area contributed by atoms with Crippen LogP contribution in [-0.4, -0.2) is 0 Å². The van der Waals surface area contributed by atoms with Gasteiger partial charge in [0.15, 0.2) is 0 Å². The van der Waals surface area contributed by atoms with Crippen LogP contribution >= 0.6 is 0 Å². The predicted octanol–water partition coefficient (Wildman–Crippen LogP) is 3.67. The second-order valence-corrected chi connectivity index (χ2v) is 4.15.